The number of nitrogens with zero attached hydrogens (tertiary/aromatic N) is 5. The van der Waals surface area contributed by atoms with Crippen LogP contribution in [0, 0.1) is 10.1 Å². The van der Waals surface area contributed by atoms with Gasteiger partial charge >= 0.3 is 0 Å². The molecule has 1 aliphatic heterocycles. The smallest absolute Gasteiger partial charge is 0.269 e. The number of hydrazone groups is 1. The fraction of sp³-hybridized carbons (Fsp3) is 0.0526. The average Bonchev–Trinajstić information content (AvgIpc) is 3.30. The molecule has 0 atom stereocenters. The number of amides is 1. The lowest BCUT2D eigenvalue weighted by Crippen LogP contribution is -2.22. The highest BCUT2D eigenvalue weighted by Crippen LogP contribution is 2.26. The van der Waals surface area contributed by atoms with E-state index in [0.717, 1.165) is 5.69 Å². The van der Waals surface area contributed by atoms with Crippen molar-refractivity contribution in [3.05, 3.63) is 76.5 Å². The van der Waals surface area contributed by atoms with E-state index in [1.807, 2.05) is 30.3 Å². The van der Waals surface area contributed by atoms with Gasteiger partial charge in [0.1, 0.15) is 5.69 Å². The highest BCUT2D eigenvalue weighted by Gasteiger charge is 2.26. The molecule has 0 aliphatic carbocycles. The maximum Gasteiger partial charge on any atom is 0.269 e. The van der Waals surface area contributed by atoms with E-state index in [9.17, 15) is 14.9 Å². The van der Waals surface area contributed by atoms with Crippen molar-refractivity contribution in [1.82, 2.24) is 14.8 Å². The van der Waals surface area contributed by atoms with Crippen LogP contribution in [-0.2, 0) is 4.79 Å². The van der Waals surface area contributed by atoms with E-state index in [0.29, 0.717) is 21.1 Å². The van der Waals surface area contributed by atoms with Gasteiger partial charge in [0.15, 0.2) is 4.32 Å². The Hall–Kier alpha value is -3.37. The first-order valence-electron chi connectivity index (χ1n) is 8.46. The Morgan fingerprint density at radius 3 is 2.52 bits per heavy atom. The second-order valence-corrected chi connectivity index (χ2v) is 7.63. The lowest BCUT2D eigenvalue weighted by atomic mass is 10.1. The molecule has 0 radical (unpaired) electrons. The molecule has 0 unspecified atom stereocenters. The topological polar surface area (TPSA) is 93.6 Å². The molecule has 2 heterocycles. The van der Waals surface area contributed by atoms with Crippen LogP contribution in [0.2, 0.25) is 0 Å². The van der Waals surface area contributed by atoms with Crippen molar-refractivity contribution in [2.45, 2.75) is 0 Å². The van der Waals surface area contributed by atoms with E-state index in [-0.39, 0.29) is 17.3 Å². The van der Waals surface area contributed by atoms with Gasteiger partial charge in [-0.2, -0.15) is 15.2 Å². The van der Waals surface area contributed by atoms with Crippen molar-refractivity contribution in [1.29, 1.82) is 0 Å². The zero-order chi connectivity index (χ0) is 20.4. The first-order valence-corrected chi connectivity index (χ1v) is 9.86. The summed E-state index contributed by atoms with van der Waals surface area (Å²) >= 11 is 6.41. The van der Waals surface area contributed by atoms with E-state index in [2.05, 4.69) is 10.2 Å². The maximum atomic E-state index is 11.9. The molecule has 144 valence electrons. The van der Waals surface area contributed by atoms with E-state index in [1.165, 1.54) is 35.1 Å². The second-order valence-electron chi connectivity index (χ2n) is 6.02. The summed E-state index contributed by atoms with van der Waals surface area (Å²) in [6.07, 6.45) is 3.31. The van der Waals surface area contributed by atoms with Gasteiger partial charge in [-0.05, 0) is 24.3 Å². The fourth-order valence-electron chi connectivity index (χ4n) is 2.74. The summed E-state index contributed by atoms with van der Waals surface area (Å²) in [5.74, 6) is 0.0952. The highest BCUT2D eigenvalue weighted by molar-refractivity contribution is 8.23. The Kier molecular flexibility index (Phi) is 5.19. The Balaban J connectivity index is 1.76. The van der Waals surface area contributed by atoms with E-state index >= 15 is 0 Å². The van der Waals surface area contributed by atoms with Crippen LogP contribution in [0.5, 0.6) is 0 Å². The Bertz CT molecular complexity index is 1110. The summed E-state index contributed by atoms with van der Waals surface area (Å²) in [5.41, 5.74) is 2.76. The Morgan fingerprint density at radius 2 is 1.90 bits per heavy atom. The molecular formula is C19H13N5O3S2. The minimum absolute atomic E-state index is 0.00324. The van der Waals surface area contributed by atoms with Gasteiger partial charge in [-0.1, -0.05) is 42.2 Å². The third-order valence-corrected chi connectivity index (χ3v) is 5.49. The van der Waals surface area contributed by atoms with E-state index in [4.69, 9.17) is 12.2 Å². The average molecular weight is 423 g/mol. The number of rotatable bonds is 5. The zero-order valence-corrected chi connectivity index (χ0v) is 16.5. The molecule has 1 aromatic heterocycles. The standard InChI is InChI=1S/C19H13N5O3S2/c25-17-12-29-19(28)23(17)20-10-14-11-22(15-4-2-1-3-5-15)21-18(14)13-6-8-16(9-7-13)24(26)27/h1-11H,12H2. The van der Waals surface area contributed by atoms with Crippen molar-refractivity contribution in [3.63, 3.8) is 0 Å². The quantitative estimate of drug-likeness (QED) is 0.269. The summed E-state index contributed by atoms with van der Waals surface area (Å²) < 4.78 is 2.09. The second kappa shape index (κ2) is 7.94. The first kappa shape index (κ1) is 19.0. The minimum atomic E-state index is -0.452. The van der Waals surface area contributed by atoms with Gasteiger partial charge in [-0.25, -0.2) is 4.68 Å². The number of carbonyl (C=O) groups excluding carboxylic acids is 1. The lowest BCUT2D eigenvalue weighted by molar-refractivity contribution is -0.384. The Morgan fingerprint density at radius 1 is 1.17 bits per heavy atom. The van der Waals surface area contributed by atoms with Crippen LogP contribution in [0.3, 0.4) is 0 Å². The number of thiocarbonyl (C=S) groups is 1. The third-order valence-electron chi connectivity index (χ3n) is 4.16. The molecule has 4 rings (SSSR count). The predicted molar refractivity (Wildman–Crippen MR) is 115 cm³/mol. The van der Waals surface area contributed by atoms with Crippen molar-refractivity contribution in [2.24, 2.45) is 5.10 Å². The number of hydrogen-bond donors (Lipinski definition) is 0. The van der Waals surface area contributed by atoms with Crippen molar-refractivity contribution >= 4 is 46.1 Å². The highest BCUT2D eigenvalue weighted by atomic mass is 32.2. The molecular weight excluding hydrogens is 410 g/mol. The number of nitro groups is 1. The molecule has 1 fully saturated rings. The monoisotopic (exact) mass is 423 g/mol. The van der Waals surface area contributed by atoms with Crippen molar-refractivity contribution in [2.75, 3.05) is 5.75 Å². The molecule has 1 aliphatic rings. The first-order chi connectivity index (χ1) is 14.0. The molecule has 3 aromatic rings. The Labute approximate surface area is 175 Å². The molecule has 1 amide bonds. The number of hydrogen-bond acceptors (Lipinski definition) is 7. The normalized spacial score (nSPS) is 14.1. The molecule has 8 nitrogen and oxygen atoms in total. The van der Waals surface area contributed by atoms with Gasteiger partial charge in [-0.15, -0.1) is 0 Å². The third kappa shape index (κ3) is 3.93. The molecule has 1 saturated heterocycles. The van der Waals surface area contributed by atoms with Crippen LogP contribution in [0.4, 0.5) is 5.69 Å². The van der Waals surface area contributed by atoms with Crippen LogP contribution >= 0.6 is 24.0 Å². The molecule has 0 spiro atoms. The fourth-order valence-corrected chi connectivity index (χ4v) is 3.71. The number of thioether (sulfide) groups is 1. The SMILES string of the molecule is O=C1CSC(=S)N1N=Cc1cn(-c2ccccc2)nc1-c1ccc([N+](=O)[O-])cc1. The molecule has 0 saturated carbocycles. The molecule has 29 heavy (non-hydrogen) atoms. The molecule has 2 aromatic carbocycles. The largest absolute Gasteiger partial charge is 0.272 e. The van der Waals surface area contributed by atoms with Gasteiger partial charge in [0.2, 0.25) is 0 Å². The van der Waals surface area contributed by atoms with Crippen LogP contribution in [0.1, 0.15) is 5.56 Å². The van der Waals surface area contributed by atoms with Crippen LogP contribution in [0.25, 0.3) is 16.9 Å². The number of aromatic nitrogens is 2. The van der Waals surface area contributed by atoms with Gasteiger partial charge < -0.3 is 0 Å². The van der Waals surface area contributed by atoms with Crippen LogP contribution in [0.15, 0.2) is 65.9 Å². The number of benzene rings is 2. The zero-order valence-electron chi connectivity index (χ0n) is 14.8. The van der Waals surface area contributed by atoms with Crippen molar-refractivity contribution in [3.8, 4) is 16.9 Å². The number of para-hydroxylation sites is 1. The molecule has 0 bridgehead atoms. The van der Waals surface area contributed by atoms with Crippen molar-refractivity contribution < 1.29 is 9.72 Å². The van der Waals surface area contributed by atoms with Gasteiger partial charge in [0.05, 0.1) is 22.6 Å². The summed E-state index contributed by atoms with van der Waals surface area (Å²) in [7, 11) is 0. The van der Waals surface area contributed by atoms with E-state index < -0.39 is 4.92 Å². The summed E-state index contributed by atoms with van der Waals surface area (Å²) in [5, 5.41) is 21.0. The molecule has 0 N–H and O–H groups in total. The number of carbonyl (C=O) groups is 1. The van der Waals surface area contributed by atoms with E-state index in [1.54, 1.807) is 23.0 Å². The number of nitro benzene ring substituents is 1. The van der Waals surface area contributed by atoms with Gasteiger partial charge in [0, 0.05) is 29.5 Å². The summed E-state index contributed by atoms with van der Waals surface area (Å²) in [4.78, 5) is 22.4. The summed E-state index contributed by atoms with van der Waals surface area (Å²) in [6, 6.07) is 15.6. The van der Waals surface area contributed by atoms with Gasteiger partial charge in [0.25, 0.3) is 11.6 Å². The van der Waals surface area contributed by atoms with Crippen LogP contribution in [-0.4, -0.2) is 41.9 Å². The molecule has 10 heteroatoms. The number of non-ortho nitro benzene ring substituents is 1. The van der Waals surface area contributed by atoms with Gasteiger partial charge in [-0.3, -0.25) is 14.9 Å². The minimum Gasteiger partial charge on any atom is -0.272 e. The lowest BCUT2D eigenvalue weighted by Gasteiger charge is -2.06. The summed E-state index contributed by atoms with van der Waals surface area (Å²) in [6.45, 7) is 0. The van der Waals surface area contributed by atoms with Crippen LogP contribution < -0.4 is 0 Å². The maximum absolute atomic E-state index is 11.9. The predicted octanol–water partition coefficient (Wildman–Crippen LogP) is 3.64.